The Labute approximate surface area is 238 Å². The van der Waals surface area contributed by atoms with Crippen LogP contribution in [0.1, 0.15) is 32.1 Å². The van der Waals surface area contributed by atoms with Gasteiger partial charge in [-0.1, -0.05) is 37.8 Å². The van der Waals surface area contributed by atoms with Crippen molar-refractivity contribution in [3.63, 3.8) is 0 Å². The largest absolute Gasteiger partial charge is 0.496 e. The summed E-state index contributed by atoms with van der Waals surface area (Å²) in [6, 6.07) is 13.0. The van der Waals surface area contributed by atoms with Crippen molar-refractivity contribution in [2.24, 2.45) is 11.8 Å². The number of pyridine rings is 1. The summed E-state index contributed by atoms with van der Waals surface area (Å²) in [6.45, 7) is 9.58. The summed E-state index contributed by atoms with van der Waals surface area (Å²) < 4.78 is 25.3. The minimum absolute atomic E-state index is 0.00851. The van der Waals surface area contributed by atoms with Crippen LogP contribution in [0.4, 0.5) is 5.82 Å². The van der Waals surface area contributed by atoms with Crippen LogP contribution in [-0.2, 0) is 25.7 Å². The first-order chi connectivity index (χ1) is 19.3. The lowest BCUT2D eigenvalue weighted by Gasteiger charge is -2.22. The van der Waals surface area contributed by atoms with Crippen molar-refractivity contribution in [3.8, 4) is 16.9 Å². The van der Waals surface area contributed by atoms with E-state index in [2.05, 4.69) is 37.2 Å². The molecule has 2 aromatic heterocycles. The molecule has 2 fully saturated rings. The van der Waals surface area contributed by atoms with Crippen LogP contribution in [0.5, 0.6) is 5.75 Å². The van der Waals surface area contributed by atoms with Crippen LogP contribution in [0.25, 0.3) is 22.2 Å². The molecule has 9 heteroatoms. The van der Waals surface area contributed by atoms with Crippen LogP contribution in [0.15, 0.2) is 42.6 Å². The van der Waals surface area contributed by atoms with Gasteiger partial charge in [-0.15, -0.1) is 0 Å². The van der Waals surface area contributed by atoms with Gasteiger partial charge in [0.1, 0.15) is 23.9 Å². The van der Waals surface area contributed by atoms with Crippen molar-refractivity contribution < 1.29 is 23.7 Å². The summed E-state index contributed by atoms with van der Waals surface area (Å²) in [7, 11) is 0.492. The molecular weight excluding hydrogens is 522 g/mol. The molecule has 3 heterocycles. The molecule has 2 aliphatic rings. The summed E-state index contributed by atoms with van der Waals surface area (Å²) in [5.41, 5.74) is 2.80. The van der Waals surface area contributed by atoms with Crippen LogP contribution >= 0.6 is 0 Å². The number of nitrogens with one attached hydrogen (secondary N) is 1. The number of nitrogens with zero attached hydrogens (tertiary/aromatic N) is 2. The molecule has 40 heavy (non-hydrogen) atoms. The molecule has 0 bridgehead atoms. The molecule has 8 nitrogen and oxygen atoms in total. The summed E-state index contributed by atoms with van der Waals surface area (Å²) in [5, 5.41) is 4.05. The van der Waals surface area contributed by atoms with Gasteiger partial charge < -0.3 is 28.8 Å². The first kappa shape index (κ1) is 28.8. The van der Waals surface area contributed by atoms with Gasteiger partial charge in [-0.05, 0) is 62.3 Å². The second-order valence-electron chi connectivity index (χ2n) is 12.2. The van der Waals surface area contributed by atoms with Crippen LogP contribution < -0.4 is 10.1 Å². The lowest BCUT2D eigenvalue weighted by molar-refractivity contribution is -0.163. The third-order valence-electron chi connectivity index (χ3n) is 7.79. The number of anilines is 1. The monoisotopic (exact) mass is 565 g/mol. The lowest BCUT2D eigenvalue weighted by atomic mass is 10.0. The molecule has 1 aliphatic heterocycles. The molecule has 0 radical (unpaired) electrons. The number of fused-ring (bicyclic) bond motifs is 1. The van der Waals surface area contributed by atoms with Gasteiger partial charge in [-0.3, -0.25) is 4.79 Å². The maximum absolute atomic E-state index is 13.0. The maximum Gasteiger partial charge on any atom is 0.228 e. The molecular formula is C31H43N3O5Si. The van der Waals surface area contributed by atoms with E-state index in [0.29, 0.717) is 25.1 Å². The normalized spacial score (nSPS) is 20.9. The van der Waals surface area contributed by atoms with Crippen molar-refractivity contribution in [1.29, 1.82) is 0 Å². The van der Waals surface area contributed by atoms with E-state index in [1.165, 1.54) is 0 Å². The molecule has 1 aromatic carbocycles. The Morgan fingerprint density at radius 1 is 1.12 bits per heavy atom. The number of hydrogen-bond donors (Lipinski definition) is 1. The molecule has 216 valence electrons. The number of amides is 1. The van der Waals surface area contributed by atoms with E-state index < -0.39 is 8.07 Å². The summed E-state index contributed by atoms with van der Waals surface area (Å²) in [4.78, 5) is 17.9. The molecule has 1 amide bonds. The van der Waals surface area contributed by atoms with Gasteiger partial charge in [0.25, 0.3) is 0 Å². The lowest BCUT2D eigenvalue weighted by Crippen LogP contribution is -2.23. The highest BCUT2D eigenvalue weighted by Gasteiger charge is 2.42. The van der Waals surface area contributed by atoms with E-state index in [9.17, 15) is 4.79 Å². The smallest absolute Gasteiger partial charge is 0.228 e. The van der Waals surface area contributed by atoms with Crippen molar-refractivity contribution in [1.82, 2.24) is 9.55 Å². The minimum Gasteiger partial charge on any atom is -0.496 e. The second-order valence-corrected chi connectivity index (χ2v) is 17.8. The number of carbonyl (C=O) groups is 1. The predicted octanol–water partition coefficient (Wildman–Crippen LogP) is 6.53. The van der Waals surface area contributed by atoms with Gasteiger partial charge in [-0.2, -0.15) is 0 Å². The van der Waals surface area contributed by atoms with E-state index in [1.54, 1.807) is 7.11 Å². The molecule has 5 rings (SSSR count). The van der Waals surface area contributed by atoms with E-state index in [-0.39, 0.29) is 18.1 Å². The number of carbonyl (C=O) groups excluding carboxylic acids is 1. The Kier molecular flexibility index (Phi) is 9.25. The second kappa shape index (κ2) is 12.8. The molecule has 3 aromatic rings. The molecule has 3 atom stereocenters. The van der Waals surface area contributed by atoms with Crippen LogP contribution in [0.2, 0.25) is 25.7 Å². The highest BCUT2D eigenvalue weighted by molar-refractivity contribution is 6.76. The maximum atomic E-state index is 13.0. The summed E-state index contributed by atoms with van der Waals surface area (Å²) >= 11 is 0. The Balaban J connectivity index is 1.27. The van der Waals surface area contributed by atoms with Crippen molar-refractivity contribution >= 4 is 30.8 Å². The fourth-order valence-electron chi connectivity index (χ4n) is 5.26. The van der Waals surface area contributed by atoms with Gasteiger partial charge in [0.2, 0.25) is 5.91 Å². The van der Waals surface area contributed by atoms with E-state index in [0.717, 1.165) is 79.3 Å². The minimum atomic E-state index is -1.19. The van der Waals surface area contributed by atoms with Crippen molar-refractivity contribution in [2.45, 2.75) is 70.8 Å². The van der Waals surface area contributed by atoms with Gasteiger partial charge >= 0.3 is 0 Å². The highest BCUT2D eigenvalue weighted by atomic mass is 28.3. The van der Waals surface area contributed by atoms with Crippen molar-refractivity contribution in [3.05, 3.63) is 42.6 Å². The Morgan fingerprint density at radius 2 is 1.98 bits per heavy atom. The summed E-state index contributed by atoms with van der Waals surface area (Å²) in [5.74, 6) is 1.75. The molecule has 1 saturated heterocycles. The van der Waals surface area contributed by atoms with Gasteiger partial charge in [0, 0.05) is 49.9 Å². The number of rotatable bonds is 13. The number of para-hydroxylation sites is 1. The average Bonchev–Trinajstić information content (AvgIpc) is 3.64. The quantitative estimate of drug-likeness (QED) is 0.187. The zero-order valence-electron chi connectivity index (χ0n) is 24.3. The van der Waals surface area contributed by atoms with E-state index in [1.807, 2.05) is 34.9 Å². The molecule has 1 N–H and O–H groups in total. The fraction of sp³-hybridized carbons (Fsp3) is 0.548. The first-order valence-electron chi connectivity index (χ1n) is 14.6. The third kappa shape index (κ3) is 7.31. The number of hydrogen-bond acceptors (Lipinski definition) is 6. The molecule has 1 saturated carbocycles. The van der Waals surface area contributed by atoms with Crippen LogP contribution in [0, 0.1) is 11.8 Å². The van der Waals surface area contributed by atoms with E-state index in [4.69, 9.17) is 23.9 Å². The number of ether oxygens (including phenoxy) is 4. The molecule has 1 aliphatic carbocycles. The van der Waals surface area contributed by atoms with Gasteiger partial charge in [-0.25, -0.2) is 4.98 Å². The summed E-state index contributed by atoms with van der Waals surface area (Å²) in [6.07, 6.45) is 7.00. The van der Waals surface area contributed by atoms with Crippen LogP contribution in [-0.4, -0.2) is 56.8 Å². The fourth-order valence-corrected chi connectivity index (χ4v) is 6.01. The standard InChI is InChI=1S/C31H43N3O5Si/c1-36-27-10-6-5-9-23(27)26-20-34(21-37-17-18-40(2,3)4)30-24(26)12-13-28(32-30)33-31(35)25-19-22(25)14-16-39-29-11-7-8-15-38-29/h5-6,9-10,12-13,20,22,25,29H,7-8,11,14-19,21H2,1-4H3,(H,32,33,35). The highest BCUT2D eigenvalue weighted by Crippen LogP contribution is 2.42. The van der Waals surface area contributed by atoms with Gasteiger partial charge in [0.15, 0.2) is 6.29 Å². The Morgan fingerprint density at radius 3 is 2.75 bits per heavy atom. The number of methoxy groups -OCH3 is 1. The topological polar surface area (TPSA) is 83.8 Å². The first-order valence-corrected chi connectivity index (χ1v) is 18.3. The van der Waals surface area contributed by atoms with Crippen molar-refractivity contribution in [2.75, 3.05) is 32.2 Å². The average molecular weight is 566 g/mol. The van der Waals surface area contributed by atoms with Crippen LogP contribution in [0.3, 0.4) is 0 Å². The molecule has 0 spiro atoms. The predicted molar refractivity (Wildman–Crippen MR) is 160 cm³/mol. The van der Waals surface area contributed by atoms with E-state index >= 15 is 0 Å². The zero-order valence-corrected chi connectivity index (χ0v) is 25.3. The molecule has 3 unspecified atom stereocenters. The Hall–Kier alpha value is -2.72. The number of benzene rings is 1. The van der Waals surface area contributed by atoms with Gasteiger partial charge in [0.05, 0.1) is 13.7 Å². The Bertz CT molecular complexity index is 1300. The zero-order chi connectivity index (χ0) is 28.1. The number of aromatic nitrogens is 2. The third-order valence-corrected chi connectivity index (χ3v) is 9.49. The SMILES string of the molecule is COc1ccccc1-c1cn(COCC[Si](C)(C)C)c2nc(NC(=O)C3CC3CCOC3CCCCO3)ccc12.